The summed E-state index contributed by atoms with van der Waals surface area (Å²) >= 11 is 1.23. The summed E-state index contributed by atoms with van der Waals surface area (Å²) in [6.07, 6.45) is 1.74. The summed E-state index contributed by atoms with van der Waals surface area (Å²) in [7, 11) is 0. The zero-order valence-corrected chi connectivity index (χ0v) is 15.2. The molecule has 140 valence electrons. The number of fused-ring (bicyclic) bond motifs is 1. The molecule has 3 aromatic rings. The molecule has 2 amide bonds. The van der Waals surface area contributed by atoms with Gasteiger partial charge in [-0.1, -0.05) is 30.0 Å². The third-order valence-electron chi connectivity index (χ3n) is 4.22. The number of anilines is 1. The number of amides is 2. The van der Waals surface area contributed by atoms with Crippen LogP contribution in [-0.4, -0.2) is 37.8 Å². The molecule has 11 heteroatoms. The van der Waals surface area contributed by atoms with Crippen molar-refractivity contribution < 1.29 is 9.59 Å². The van der Waals surface area contributed by atoms with Gasteiger partial charge in [0.1, 0.15) is 5.82 Å². The number of nitrogens with two attached hydrogens (primary N) is 1. The van der Waals surface area contributed by atoms with Crippen LogP contribution >= 0.6 is 11.8 Å². The van der Waals surface area contributed by atoms with Crippen LogP contribution in [0.4, 0.5) is 5.82 Å². The summed E-state index contributed by atoms with van der Waals surface area (Å²) in [4.78, 5) is 51.6. The van der Waals surface area contributed by atoms with Crippen molar-refractivity contribution in [1.82, 2.24) is 25.1 Å². The fourth-order valence-electron chi connectivity index (χ4n) is 2.99. The Kier molecular flexibility index (Phi) is 4.08. The molecule has 0 atom stereocenters. The lowest BCUT2D eigenvalue weighted by molar-refractivity contribution is 0.0880. The van der Waals surface area contributed by atoms with Crippen molar-refractivity contribution in [2.45, 2.75) is 5.16 Å². The number of carbonyl (C=O) groups excluding carboxylic acids is 2. The molecule has 0 aliphatic carbocycles. The Labute approximate surface area is 160 Å². The van der Waals surface area contributed by atoms with Gasteiger partial charge in [0.15, 0.2) is 10.9 Å². The lowest BCUT2D eigenvalue weighted by atomic mass is 10.1. The number of para-hydroxylation sites is 1. The van der Waals surface area contributed by atoms with Crippen molar-refractivity contribution >= 4 is 29.4 Å². The van der Waals surface area contributed by atoms with E-state index >= 15 is 0 Å². The highest BCUT2D eigenvalue weighted by molar-refractivity contribution is 7.98. The normalized spacial score (nSPS) is 12.8. The molecule has 0 spiro atoms. The van der Waals surface area contributed by atoms with E-state index in [1.165, 1.54) is 11.8 Å². The molecule has 3 heterocycles. The molecular weight excluding hydrogens is 384 g/mol. The molecule has 0 bridgehead atoms. The number of thioether (sulfide) groups is 1. The first-order valence-corrected chi connectivity index (χ1v) is 9.17. The molecular formula is C17H12N6O4S. The predicted molar refractivity (Wildman–Crippen MR) is 102 cm³/mol. The minimum Gasteiger partial charge on any atom is -0.384 e. The lowest BCUT2D eigenvalue weighted by Crippen LogP contribution is -2.25. The summed E-state index contributed by atoms with van der Waals surface area (Å²) in [5.74, 6) is -1.58. The molecule has 4 rings (SSSR count). The van der Waals surface area contributed by atoms with Crippen molar-refractivity contribution in [1.29, 1.82) is 0 Å². The number of aromatic amines is 1. The van der Waals surface area contributed by atoms with Crippen LogP contribution in [0.5, 0.6) is 0 Å². The van der Waals surface area contributed by atoms with Crippen LogP contribution in [0.3, 0.4) is 0 Å². The maximum absolute atomic E-state index is 12.7. The fourth-order valence-corrected chi connectivity index (χ4v) is 3.30. The molecule has 1 aliphatic rings. The Bertz CT molecular complexity index is 1280. The number of imide groups is 1. The summed E-state index contributed by atoms with van der Waals surface area (Å²) in [6, 6.07) is 7.47. The highest BCUT2D eigenvalue weighted by Gasteiger charge is 2.32. The van der Waals surface area contributed by atoms with Crippen LogP contribution in [-0.2, 0) is 0 Å². The van der Waals surface area contributed by atoms with Crippen LogP contribution in [0.1, 0.15) is 20.7 Å². The number of nitrogens with zero attached hydrogens (tertiary/aromatic N) is 3. The van der Waals surface area contributed by atoms with Gasteiger partial charge in [-0.05, 0) is 12.3 Å². The molecule has 0 saturated carbocycles. The third kappa shape index (κ3) is 2.60. The second-order valence-corrected chi connectivity index (χ2v) is 6.60. The first-order valence-electron chi connectivity index (χ1n) is 7.94. The van der Waals surface area contributed by atoms with Crippen LogP contribution in [0, 0.1) is 0 Å². The number of carbonyl (C=O) groups is 2. The van der Waals surface area contributed by atoms with E-state index in [4.69, 9.17) is 5.73 Å². The summed E-state index contributed by atoms with van der Waals surface area (Å²) in [5.41, 5.74) is 5.30. The quantitative estimate of drug-likeness (QED) is 0.418. The Balaban J connectivity index is 2.00. The molecule has 0 radical (unpaired) electrons. The lowest BCUT2D eigenvalue weighted by Gasteiger charge is -2.15. The molecule has 28 heavy (non-hydrogen) atoms. The zero-order valence-electron chi connectivity index (χ0n) is 14.3. The summed E-state index contributed by atoms with van der Waals surface area (Å²) in [6.45, 7) is 0. The predicted octanol–water partition coefficient (Wildman–Crippen LogP) is 0.170. The maximum Gasteiger partial charge on any atom is 0.278 e. The first-order chi connectivity index (χ1) is 13.4. The molecule has 1 aliphatic heterocycles. The number of pyridine rings is 1. The van der Waals surface area contributed by atoms with Crippen molar-refractivity contribution in [3.63, 3.8) is 0 Å². The highest BCUT2D eigenvalue weighted by atomic mass is 32.2. The standard InChI is InChI=1S/C17H12N6O4S/c1-28-17-20-16(27)12(21-22-17)7-4-2-3-5-9(7)23-10(24)6-8-11(13(23)18)15(26)19-14(8)25/h2-6H,18H2,1H3,(H,19,25,26)(H,20,22,27). The van der Waals surface area contributed by atoms with Crippen molar-refractivity contribution in [3.8, 4) is 16.9 Å². The highest BCUT2D eigenvalue weighted by Crippen LogP contribution is 2.27. The van der Waals surface area contributed by atoms with Crippen LogP contribution in [0.2, 0.25) is 0 Å². The SMILES string of the molecule is CSc1nnc(-c2ccccc2-n2c(N)c3c(cc2=O)C(=O)NC3=O)c(=O)[nH]1. The van der Waals surface area contributed by atoms with E-state index in [1.807, 2.05) is 0 Å². The van der Waals surface area contributed by atoms with Crippen molar-refractivity contribution in [2.24, 2.45) is 0 Å². The molecule has 0 unspecified atom stereocenters. The summed E-state index contributed by atoms with van der Waals surface area (Å²) in [5, 5.41) is 10.3. The van der Waals surface area contributed by atoms with Gasteiger partial charge < -0.3 is 5.73 Å². The number of H-pyrrole nitrogens is 1. The molecule has 4 N–H and O–H groups in total. The fraction of sp³-hybridized carbons (Fsp3) is 0.0588. The Hall–Kier alpha value is -3.73. The number of aromatic nitrogens is 4. The van der Waals surface area contributed by atoms with Crippen LogP contribution < -0.4 is 22.2 Å². The van der Waals surface area contributed by atoms with E-state index in [1.54, 1.807) is 30.5 Å². The van der Waals surface area contributed by atoms with E-state index in [-0.39, 0.29) is 28.3 Å². The van der Waals surface area contributed by atoms with E-state index in [9.17, 15) is 19.2 Å². The number of hydrogen-bond donors (Lipinski definition) is 3. The van der Waals surface area contributed by atoms with Gasteiger partial charge in [0.2, 0.25) is 0 Å². The zero-order chi connectivity index (χ0) is 20.0. The van der Waals surface area contributed by atoms with Gasteiger partial charge in [-0.3, -0.25) is 34.0 Å². The van der Waals surface area contributed by atoms with Gasteiger partial charge >= 0.3 is 0 Å². The van der Waals surface area contributed by atoms with E-state index in [0.717, 1.165) is 10.6 Å². The van der Waals surface area contributed by atoms with Gasteiger partial charge in [0.05, 0.1) is 16.8 Å². The minimum absolute atomic E-state index is 0.0132. The second-order valence-electron chi connectivity index (χ2n) is 5.80. The van der Waals surface area contributed by atoms with Gasteiger partial charge in [-0.2, -0.15) is 0 Å². The number of benzene rings is 1. The average Bonchev–Trinajstić information content (AvgIpc) is 2.95. The van der Waals surface area contributed by atoms with Gasteiger partial charge in [0, 0.05) is 11.6 Å². The van der Waals surface area contributed by atoms with E-state index < -0.39 is 22.9 Å². The number of nitrogen functional groups attached to an aromatic ring is 1. The van der Waals surface area contributed by atoms with Gasteiger partial charge in [-0.25, -0.2) is 0 Å². The van der Waals surface area contributed by atoms with Crippen molar-refractivity contribution in [3.05, 3.63) is 62.2 Å². The smallest absolute Gasteiger partial charge is 0.278 e. The molecule has 0 fully saturated rings. The molecule has 2 aromatic heterocycles. The second kappa shape index (κ2) is 6.46. The number of rotatable bonds is 3. The Morgan fingerprint density at radius 1 is 1.04 bits per heavy atom. The number of hydrogen-bond acceptors (Lipinski definition) is 8. The minimum atomic E-state index is -0.689. The largest absolute Gasteiger partial charge is 0.384 e. The van der Waals surface area contributed by atoms with Gasteiger partial charge in [0.25, 0.3) is 22.9 Å². The van der Waals surface area contributed by atoms with E-state index in [2.05, 4.69) is 20.5 Å². The Morgan fingerprint density at radius 2 is 1.79 bits per heavy atom. The monoisotopic (exact) mass is 396 g/mol. The van der Waals surface area contributed by atoms with Crippen LogP contribution in [0.25, 0.3) is 16.9 Å². The molecule has 1 aromatic carbocycles. The topological polar surface area (TPSA) is 153 Å². The van der Waals surface area contributed by atoms with E-state index in [0.29, 0.717) is 10.7 Å². The van der Waals surface area contributed by atoms with Crippen molar-refractivity contribution in [2.75, 3.05) is 12.0 Å². The first kappa shape index (κ1) is 17.7. The summed E-state index contributed by atoms with van der Waals surface area (Å²) < 4.78 is 1.07. The molecule has 0 saturated heterocycles. The maximum atomic E-state index is 12.7. The van der Waals surface area contributed by atoms with Crippen LogP contribution in [0.15, 0.2) is 45.1 Å². The molecule has 10 nitrogen and oxygen atoms in total. The van der Waals surface area contributed by atoms with Gasteiger partial charge in [-0.15, -0.1) is 10.2 Å². The number of nitrogens with one attached hydrogen (secondary N) is 2. The third-order valence-corrected chi connectivity index (χ3v) is 4.79. The average molecular weight is 396 g/mol. The Morgan fingerprint density at radius 3 is 2.50 bits per heavy atom.